The lowest BCUT2D eigenvalue weighted by Gasteiger charge is -2.31. The summed E-state index contributed by atoms with van der Waals surface area (Å²) in [7, 11) is 0. The first kappa shape index (κ1) is 21.2. The predicted molar refractivity (Wildman–Crippen MR) is 111 cm³/mol. The number of amides is 1. The first-order valence-electron chi connectivity index (χ1n) is 9.93. The highest BCUT2D eigenvalue weighted by atomic mass is 16.1. The molecule has 0 bridgehead atoms. The lowest BCUT2D eigenvalue weighted by atomic mass is 9.97. The van der Waals surface area contributed by atoms with Crippen LogP contribution in [-0.2, 0) is 17.9 Å². The van der Waals surface area contributed by atoms with Gasteiger partial charge in [-0.05, 0) is 58.2 Å². The normalized spacial score (nSPS) is 19.0. The fourth-order valence-electron chi connectivity index (χ4n) is 3.35. The monoisotopic (exact) mass is 373 g/mol. The highest BCUT2D eigenvalue weighted by molar-refractivity contribution is 5.80. The molecule has 1 unspecified atom stereocenters. The summed E-state index contributed by atoms with van der Waals surface area (Å²) < 4.78 is 0. The summed E-state index contributed by atoms with van der Waals surface area (Å²) in [6.45, 7) is 12.5. The zero-order valence-electron chi connectivity index (χ0n) is 17.2. The highest BCUT2D eigenvalue weighted by Gasteiger charge is 2.23. The van der Waals surface area contributed by atoms with Crippen LogP contribution >= 0.6 is 0 Å². The van der Waals surface area contributed by atoms with Crippen LogP contribution in [0.2, 0.25) is 0 Å². The Bertz CT molecular complexity index is 650. The Hall–Kier alpha value is -2.08. The van der Waals surface area contributed by atoms with Crippen LogP contribution < -0.4 is 16.4 Å². The standard InChI is InChI=1S/C21H35N5O/c1-5-23-20(25-21(2,3)4)24-13-16-8-6-9-17(12-16)14-26-11-7-10-18(15-26)19(22)27/h6,8-9,12,18H,5,7,10-11,13-15H2,1-4H3,(H2,22,27)(H2,23,24,25). The largest absolute Gasteiger partial charge is 0.369 e. The summed E-state index contributed by atoms with van der Waals surface area (Å²) in [4.78, 5) is 18.5. The number of nitrogens with one attached hydrogen (secondary N) is 2. The number of piperidine rings is 1. The molecule has 1 aromatic rings. The summed E-state index contributed by atoms with van der Waals surface area (Å²) in [6, 6.07) is 8.54. The SMILES string of the molecule is CCNC(=NCc1cccc(CN2CCCC(C(N)=O)C2)c1)NC(C)(C)C. The van der Waals surface area contributed by atoms with E-state index in [-0.39, 0.29) is 17.4 Å². The van der Waals surface area contributed by atoms with Gasteiger partial charge in [-0.2, -0.15) is 0 Å². The van der Waals surface area contributed by atoms with E-state index in [1.165, 1.54) is 11.1 Å². The van der Waals surface area contributed by atoms with E-state index in [2.05, 4.69) is 67.5 Å². The third-order valence-electron chi connectivity index (χ3n) is 4.56. The molecule has 1 aliphatic rings. The summed E-state index contributed by atoms with van der Waals surface area (Å²) in [5.41, 5.74) is 7.89. The molecule has 0 aromatic heterocycles. The minimum Gasteiger partial charge on any atom is -0.369 e. The zero-order valence-corrected chi connectivity index (χ0v) is 17.2. The molecule has 1 fully saturated rings. The molecular formula is C21H35N5O. The molecule has 6 heteroatoms. The van der Waals surface area contributed by atoms with Crippen LogP contribution in [0.4, 0.5) is 0 Å². The van der Waals surface area contributed by atoms with Crippen LogP contribution in [0.1, 0.15) is 51.7 Å². The van der Waals surface area contributed by atoms with Gasteiger partial charge in [-0.25, -0.2) is 4.99 Å². The van der Waals surface area contributed by atoms with Crippen molar-refractivity contribution in [1.82, 2.24) is 15.5 Å². The smallest absolute Gasteiger partial charge is 0.221 e. The van der Waals surface area contributed by atoms with Crippen molar-refractivity contribution < 1.29 is 4.79 Å². The van der Waals surface area contributed by atoms with Gasteiger partial charge in [0.1, 0.15) is 0 Å². The van der Waals surface area contributed by atoms with Crippen molar-refractivity contribution in [1.29, 1.82) is 0 Å². The third kappa shape index (κ3) is 7.59. The van der Waals surface area contributed by atoms with Gasteiger partial charge >= 0.3 is 0 Å². The molecule has 6 nitrogen and oxygen atoms in total. The maximum absolute atomic E-state index is 11.5. The van der Waals surface area contributed by atoms with E-state index in [4.69, 9.17) is 10.7 Å². The number of benzene rings is 1. The summed E-state index contributed by atoms with van der Waals surface area (Å²) in [5, 5.41) is 6.70. The fraction of sp³-hybridized carbons (Fsp3) is 0.619. The topological polar surface area (TPSA) is 82.8 Å². The number of rotatable bonds is 6. The van der Waals surface area contributed by atoms with Crippen molar-refractivity contribution in [3.8, 4) is 0 Å². The van der Waals surface area contributed by atoms with Crippen LogP contribution in [0.15, 0.2) is 29.3 Å². The summed E-state index contributed by atoms with van der Waals surface area (Å²) in [5.74, 6) is 0.638. The lowest BCUT2D eigenvalue weighted by molar-refractivity contribution is -0.123. The average molecular weight is 374 g/mol. The molecule has 0 spiro atoms. The van der Waals surface area contributed by atoms with Gasteiger partial charge in [-0.15, -0.1) is 0 Å². The second-order valence-corrected chi connectivity index (χ2v) is 8.37. The maximum atomic E-state index is 11.5. The number of carbonyl (C=O) groups is 1. The number of likely N-dealkylation sites (tertiary alicyclic amines) is 1. The first-order valence-corrected chi connectivity index (χ1v) is 9.93. The molecule has 27 heavy (non-hydrogen) atoms. The third-order valence-corrected chi connectivity index (χ3v) is 4.56. The van der Waals surface area contributed by atoms with Crippen molar-refractivity contribution in [3.63, 3.8) is 0 Å². The molecule has 150 valence electrons. The quantitative estimate of drug-likeness (QED) is 0.527. The van der Waals surface area contributed by atoms with Crippen LogP contribution in [0, 0.1) is 5.92 Å². The molecule has 1 atom stereocenters. The Morgan fingerprint density at radius 3 is 2.74 bits per heavy atom. The Balaban J connectivity index is 1.99. The lowest BCUT2D eigenvalue weighted by Crippen LogP contribution is -2.47. The first-order chi connectivity index (χ1) is 12.8. The van der Waals surface area contributed by atoms with Gasteiger partial charge in [0.15, 0.2) is 5.96 Å². The molecular weight excluding hydrogens is 338 g/mol. The van der Waals surface area contributed by atoms with E-state index in [1.54, 1.807) is 0 Å². The predicted octanol–water partition coefficient (Wildman–Crippen LogP) is 2.24. The number of nitrogens with two attached hydrogens (primary N) is 1. The Morgan fingerprint density at radius 2 is 2.07 bits per heavy atom. The van der Waals surface area contributed by atoms with Crippen LogP contribution in [0.25, 0.3) is 0 Å². The highest BCUT2D eigenvalue weighted by Crippen LogP contribution is 2.19. The second kappa shape index (κ2) is 9.74. The summed E-state index contributed by atoms with van der Waals surface area (Å²) >= 11 is 0. The van der Waals surface area contributed by atoms with E-state index in [0.717, 1.165) is 45.0 Å². The Labute approximate surface area is 163 Å². The number of aliphatic imine (C=N–C) groups is 1. The van der Waals surface area contributed by atoms with E-state index in [0.29, 0.717) is 6.54 Å². The molecule has 1 saturated heterocycles. The second-order valence-electron chi connectivity index (χ2n) is 8.37. The molecule has 0 saturated carbocycles. The fourth-order valence-corrected chi connectivity index (χ4v) is 3.35. The number of carbonyl (C=O) groups excluding carboxylic acids is 1. The molecule has 1 amide bonds. The minimum atomic E-state index is -0.176. The number of guanidine groups is 1. The van der Waals surface area contributed by atoms with Crippen molar-refractivity contribution in [3.05, 3.63) is 35.4 Å². The van der Waals surface area contributed by atoms with Crippen molar-refractivity contribution in [2.75, 3.05) is 19.6 Å². The molecule has 0 radical (unpaired) electrons. The summed E-state index contributed by atoms with van der Waals surface area (Å²) in [6.07, 6.45) is 1.94. The van der Waals surface area contributed by atoms with E-state index >= 15 is 0 Å². The van der Waals surface area contributed by atoms with Gasteiger partial charge < -0.3 is 16.4 Å². The zero-order chi connectivity index (χ0) is 19.9. The number of hydrogen-bond donors (Lipinski definition) is 3. The van der Waals surface area contributed by atoms with E-state index in [1.807, 2.05) is 0 Å². The molecule has 1 aliphatic heterocycles. The van der Waals surface area contributed by atoms with Crippen LogP contribution in [-0.4, -0.2) is 41.9 Å². The Kier molecular flexibility index (Phi) is 7.66. The van der Waals surface area contributed by atoms with Gasteiger partial charge in [-0.3, -0.25) is 9.69 Å². The van der Waals surface area contributed by atoms with Crippen molar-refractivity contribution >= 4 is 11.9 Å². The van der Waals surface area contributed by atoms with Gasteiger partial charge in [0.25, 0.3) is 0 Å². The van der Waals surface area contributed by atoms with Crippen LogP contribution in [0.5, 0.6) is 0 Å². The Morgan fingerprint density at radius 1 is 1.33 bits per heavy atom. The van der Waals surface area contributed by atoms with Crippen LogP contribution in [0.3, 0.4) is 0 Å². The molecule has 2 rings (SSSR count). The number of primary amides is 1. The molecule has 1 aromatic carbocycles. The van der Waals surface area contributed by atoms with E-state index < -0.39 is 0 Å². The van der Waals surface area contributed by atoms with Gasteiger partial charge in [0, 0.05) is 25.2 Å². The van der Waals surface area contributed by atoms with E-state index in [9.17, 15) is 4.79 Å². The minimum absolute atomic E-state index is 0.0160. The van der Waals surface area contributed by atoms with Gasteiger partial charge in [-0.1, -0.05) is 24.3 Å². The van der Waals surface area contributed by atoms with Gasteiger partial charge in [0.05, 0.1) is 12.5 Å². The van der Waals surface area contributed by atoms with Gasteiger partial charge in [0.2, 0.25) is 5.91 Å². The number of nitrogens with zero attached hydrogens (tertiary/aromatic N) is 2. The molecule has 4 N–H and O–H groups in total. The molecule has 0 aliphatic carbocycles. The maximum Gasteiger partial charge on any atom is 0.221 e. The van der Waals surface area contributed by atoms with Crippen molar-refractivity contribution in [2.45, 2.75) is 59.2 Å². The molecule has 1 heterocycles. The van der Waals surface area contributed by atoms with Crippen molar-refractivity contribution in [2.24, 2.45) is 16.6 Å². The average Bonchev–Trinajstić information content (AvgIpc) is 2.59. The number of hydrogen-bond acceptors (Lipinski definition) is 3.